The highest BCUT2D eigenvalue weighted by Crippen LogP contribution is 2.27. The van der Waals surface area contributed by atoms with Gasteiger partial charge in [-0.15, -0.1) is 0 Å². The number of carbonyl (C=O) groups is 1. The van der Waals surface area contributed by atoms with E-state index in [1.807, 2.05) is 24.3 Å². The summed E-state index contributed by atoms with van der Waals surface area (Å²) < 4.78 is 24.7. The van der Waals surface area contributed by atoms with Crippen molar-refractivity contribution in [2.24, 2.45) is 0 Å². The van der Waals surface area contributed by atoms with Crippen molar-refractivity contribution in [1.29, 1.82) is 0 Å². The maximum atomic E-state index is 13.2. The monoisotopic (exact) mass is 428 g/mol. The number of likely N-dealkylation sites (tertiary alicyclic amines) is 1. The molecule has 0 bridgehead atoms. The van der Waals surface area contributed by atoms with Gasteiger partial charge in [0, 0.05) is 30.6 Å². The normalized spacial score (nSPS) is 16.5. The van der Waals surface area contributed by atoms with Crippen molar-refractivity contribution < 1.29 is 18.3 Å². The molecule has 0 saturated carbocycles. The lowest BCUT2D eigenvalue weighted by molar-refractivity contribution is -0.134. The molecule has 1 aromatic heterocycles. The van der Waals surface area contributed by atoms with E-state index in [-0.39, 0.29) is 18.4 Å². The number of nitrogens with zero attached hydrogens (tertiary/aromatic N) is 2. The zero-order chi connectivity index (χ0) is 20.9. The Hall–Kier alpha value is -2.86. The molecule has 7 heteroatoms. The quantitative estimate of drug-likeness (QED) is 0.563. The standard InChI is InChI=1S/C23H22ClFN2O3/c24-18-8-6-16(7-9-18)11-21-13-26-23(30-21)17-3-2-10-27(14-17)22(28)15-29-20-5-1-4-19(25)12-20/h1,4-9,12-13,17H,2-3,10-11,14-15H2. The maximum absolute atomic E-state index is 13.2. The van der Waals surface area contributed by atoms with Gasteiger partial charge in [0.2, 0.25) is 0 Å². The summed E-state index contributed by atoms with van der Waals surface area (Å²) in [4.78, 5) is 18.8. The Morgan fingerprint density at radius 2 is 2.10 bits per heavy atom. The molecule has 1 saturated heterocycles. The molecule has 2 heterocycles. The fraction of sp³-hybridized carbons (Fsp3) is 0.304. The van der Waals surface area contributed by atoms with Gasteiger partial charge in [-0.25, -0.2) is 9.37 Å². The molecule has 1 fully saturated rings. The number of piperidine rings is 1. The van der Waals surface area contributed by atoms with Crippen LogP contribution in [0.15, 0.2) is 59.1 Å². The number of hydrogen-bond donors (Lipinski definition) is 0. The van der Waals surface area contributed by atoms with Crippen molar-refractivity contribution in [1.82, 2.24) is 9.88 Å². The molecule has 1 unspecified atom stereocenters. The first-order valence-corrected chi connectivity index (χ1v) is 10.3. The van der Waals surface area contributed by atoms with Crippen molar-refractivity contribution in [3.63, 3.8) is 0 Å². The maximum Gasteiger partial charge on any atom is 0.260 e. The molecule has 2 aromatic carbocycles. The van der Waals surface area contributed by atoms with Crippen LogP contribution in [0, 0.1) is 5.82 Å². The van der Waals surface area contributed by atoms with Gasteiger partial charge < -0.3 is 14.1 Å². The zero-order valence-corrected chi connectivity index (χ0v) is 17.1. The van der Waals surface area contributed by atoms with E-state index in [2.05, 4.69) is 4.98 Å². The first-order chi connectivity index (χ1) is 14.6. The van der Waals surface area contributed by atoms with Crippen LogP contribution in [0.25, 0.3) is 0 Å². The van der Waals surface area contributed by atoms with E-state index in [9.17, 15) is 9.18 Å². The fourth-order valence-corrected chi connectivity index (χ4v) is 3.72. The minimum atomic E-state index is -0.392. The third-order valence-corrected chi connectivity index (χ3v) is 5.40. The molecule has 1 amide bonds. The lowest BCUT2D eigenvalue weighted by atomic mass is 9.98. The van der Waals surface area contributed by atoms with Crippen LogP contribution in [0.5, 0.6) is 5.75 Å². The Kier molecular flexibility index (Phi) is 6.33. The minimum Gasteiger partial charge on any atom is -0.484 e. The highest BCUT2D eigenvalue weighted by molar-refractivity contribution is 6.30. The summed E-state index contributed by atoms with van der Waals surface area (Å²) in [5.41, 5.74) is 1.09. The molecule has 1 atom stereocenters. The van der Waals surface area contributed by atoms with Crippen LogP contribution in [0.2, 0.25) is 5.02 Å². The lowest BCUT2D eigenvalue weighted by Gasteiger charge is -2.31. The Labute approximate surface area is 179 Å². The van der Waals surface area contributed by atoms with Crippen molar-refractivity contribution in [2.75, 3.05) is 19.7 Å². The zero-order valence-electron chi connectivity index (χ0n) is 16.4. The second kappa shape index (κ2) is 9.30. The van der Waals surface area contributed by atoms with Gasteiger partial charge in [0.1, 0.15) is 17.3 Å². The molecule has 5 nitrogen and oxygen atoms in total. The van der Waals surface area contributed by atoms with E-state index < -0.39 is 5.82 Å². The number of carbonyl (C=O) groups excluding carboxylic acids is 1. The topological polar surface area (TPSA) is 55.6 Å². The predicted octanol–water partition coefficient (Wildman–Crippen LogP) is 4.84. The second-order valence-corrected chi connectivity index (χ2v) is 7.83. The van der Waals surface area contributed by atoms with Gasteiger partial charge in [-0.1, -0.05) is 29.8 Å². The summed E-state index contributed by atoms with van der Waals surface area (Å²) in [5, 5.41) is 0.699. The second-order valence-electron chi connectivity index (χ2n) is 7.39. The minimum absolute atomic E-state index is 0.0517. The number of amides is 1. The molecule has 156 valence electrons. The number of halogens is 2. The van der Waals surface area contributed by atoms with E-state index in [0.717, 1.165) is 24.2 Å². The lowest BCUT2D eigenvalue weighted by Crippen LogP contribution is -2.41. The molecule has 1 aliphatic rings. The van der Waals surface area contributed by atoms with Gasteiger partial charge in [-0.3, -0.25) is 4.79 Å². The summed E-state index contributed by atoms with van der Waals surface area (Å²) >= 11 is 5.93. The molecular weight excluding hydrogens is 407 g/mol. The summed E-state index contributed by atoms with van der Waals surface area (Å²) in [6.45, 7) is 1.08. The van der Waals surface area contributed by atoms with E-state index in [4.69, 9.17) is 20.8 Å². The molecule has 0 radical (unpaired) electrons. The SMILES string of the molecule is O=C(COc1cccc(F)c1)N1CCCC(c2ncc(Cc3ccc(Cl)cc3)o2)C1. The summed E-state index contributed by atoms with van der Waals surface area (Å²) in [6, 6.07) is 13.4. The fourth-order valence-electron chi connectivity index (χ4n) is 3.59. The van der Waals surface area contributed by atoms with E-state index >= 15 is 0 Å². The third kappa shape index (κ3) is 5.19. The van der Waals surface area contributed by atoms with Crippen LogP contribution in [-0.2, 0) is 11.2 Å². The first-order valence-electron chi connectivity index (χ1n) is 9.92. The van der Waals surface area contributed by atoms with Crippen LogP contribution in [0.3, 0.4) is 0 Å². The smallest absolute Gasteiger partial charge is 0.260 e. The average molecular weight is 429 g/mol. The predicted molar refractivity (Wildman–Crippen MR) is 111 cm³/mol. The number of aromatic nitrogens is 1. The molecular formula is C23H22ClFN2O3. The first kappa shape index (κ1) is 20.4. The summed E-state index contributed by atoms with van der Waals surface area (Å²) in [5.74, 6) is 1.31. The van der Waals surface area contributed by atoms with Gasteiger partial charge in [0.25, 0.3) is 5.91 Å². The number of ether oxygens (including phenoxy) is 1. The van der Waals surface area contributed by atoms with Gasteiger partial charge in [0.05, 0.1) is 12.1 Å². The molecule has 4 rings (SSSR count). The molecule has 0 spiro atoms. The average Bonchev–Trinajstić information content (AvgIpc) is 3.22. The van der Waals surface area contributed by atoms with Gasteiger partial charge in [-0.05, 0) is 42.7 Å². The highest BCUT2D eigenvalue weighted by Gasteiger charge is 2.28. The van der Waals surface area contributed by atoms with Crippen molar-refractivity contribution in [2.45, 2.75) is 25.2 Å². The summed E-state index contributed by atoms with van der Waals surface area (Å²) in [7, 11) is 0. The summed E-state index contributed by atoms with van der Waals surface area (Å²) in [6.07, 6.45) is 4.17. The van der Waals surface area contributed by atoms with E-state index in [0.29, 0.717) is 36.2 Å². The van der Waals surface area contributed by atoms with Gasteiger partial charge in [0.15, 0.2) is 12.5 Å². The Bertz CT molecular complexity index is 1010. The molecule has 1 aliphatic heterocycles. The van der Waals surface area contributed by atoms with Crippen molar-refractivity contribution >= 4 is 17.5 Å². The van der Waals surface area contributed by atoms with Gasteiger partial charge >= 0.3 is 0 Å². The van der Waals surface area contributed by atoms with E-state index in [1.54, 1.807) is 23.2 Å². The van der Waals surface area contributed by atoms with E-state index in [1.165, 1.54) is 12.1 Å². The molecule has 0 N–H and O–H groups in total. The highest BCUT2D eigenvalue weighted by atomic mass is 35.5. The number of hydrogen-bond acceptors (Lipinski definition) is 4. The number of oxazole rings is 1. The largest absolute Gasteiger partial charge is 0.484 e. The molecule has 0 aliphatic carbocycles. The Morgan fingerprint density at radius 3 is 2.90 bits per heavy atom. The Morgan fingerprint density at radius 1 is 1.27 bits per heavy atom. The van der Waals surface area contributed by atoms with Gasteiger partial charge in [-0.2, -0.15) is 0 Å². The number of rotatable bonds is 6. The van der Waals surface area contributed by atoms with Crippen LogP contribution in [0.1, 0.15) is 36.0 Å². The van der Waals surface area contributed by atoms with Crippen LogP contribution in [-0.4, -0.2) is 35.5 Å². The molecule has 3 aromatic rings. The Balaban J connectivity index is 1.33. The van der Waals surface area contributed by atoms with Crippen LogP contribution < -0.4 is 4.74 Å². The van der Waals surface area contributed by atoms with Crippen LogP contribution >= 0.6 is 11.6 Å². The van der Waals surface area contributed by atoms with Crippen molar-refractivity contribution in [3.8, 4) is 5.75 Å². The number of benzene rings is 2. The van der Waals surface area contributed by atoms with Crippen molar-refractivity contribution in [3.05, 3.63) is 82.8 Å². The molecule has 30 heavy (non-hydrogen) atoms. The van der Waals surface area contributed by atoms with Crippen LogP contribution in [0.4, 0.5) is 4.39 Å². The third-order valence-electron chi connectivity index (χ3n) is 5.14.